The summed E-state index contributed by atoms with van der Waals surface area (Å²) in [7, 11) is 0. The van der Waals surface area contributed by atoms with Crippen LogP contribution in [-0.4, -0.2) is 19.5 Å². The minimum absolute atomic E-state index is 0.657. The summed E-state index contributed by atoms with van der Waals surface area (Å²) in [6, 6.07) is 8.16. The van der Waals surface area contributed by atoms with Crippen LogP contribution >= 0.6 is 12.2 Å². The summed E-state index contributed by atoms with van der Waals surface area (Å²) in [6.07, 6.45) is 3.29. The lowest BCUT2D eigenvalue weighted by Gasteiger charge is -2.03. The Kier molecular flexibility index (Phi) is 2.68. The van der Waals surface area contributed by atoms with E-state index in [0.717, 1.165) is 16.7 Å². The van der Waals surface area contributed by atoms with Crippen molar-refractivity contribution < 1.29 is 0 Å². The van der Waals surface area contributed by atoms with Gasteiger partial charge in [-0.05, 0) is 42.9 Å². The Hall–Kier alpha value is -2.01. The second-order valence-corrected chi connectivity index (χ2v) is 4.62. The van der Waals surface area contributed by atoms with E-state index < -0.39 is 0 Å². The highest BCUT2D eigenvalue weighted by Crippen LogP contribution is 2.16. The molecule has 3 rings (SSSR count). The Morgan fingerprint density at radius 3 is 3.00 bits per heavy atom. The van der Waals surface area contributed by atoms with Crippen LogP contribution < -0.4 is 0 Å². The van der Waals surface area contributed by atoms with Gasteiger partial charge in [-0.1, -0.05) is 6.07 Å². The molecule has 0 bridgehead atoms. The number of aromatic nitrogens is 4. The quantitative estimate of drug-likeness (QED) is 0.717. The van der Waals surface area contributed by atoms with Crippen molar-refractivity contribution in [1.82, 2.24) is 19.5 Å². The van der Waals surface area contributed by atoms with Gasteiger partial charge < -0.3 is 9.55 Å². The monoisotopic (exact) mass is 256 g/mol. The molecule has 0 atom stereocenters. The number of hydrogen-bond donors (Lipinski definition) is 1. The van der Waals surface area contributed by atoms with Crippen molar-refractivity contribution >= 4 is 23.3 Å². The van der Waals surface area contributed by atoms with E-state index in [4.69, 9.17) is 12.2 Å². The molecule has 3 aromatic rings. The first kappa shape index (κ1) is 11.1. The number of fused-ring (bicyclic) bond motifs is 1. The third-order valence-electron chi connectivity index (χ3n) is 2.89. The first-order chi connectivity index (χ1) is 8.74. The summed E-state index contributed by atoms with van der Waals surface area (Å²) < 4.78 is 2.76. The number of benzene rings is 1. The molecule has 1 N–H and O–H groups in total. The molecule has 0 aliphatic rings. The molecule has 90 valence electrons. The van der Waals surface area contributed by atoms with Gasteiger partial charge in [0.2, 0.25) is 0 Å². The van der Waals surface area contributed by atoms with Crippen LogP contribution in [0.1, 0.15) is 11.3 Å². The molecule has 1 aromatic carbocycles. The van der Waals surface area contributed by atoms with Crippen LogP contribution in [0, 0.1) is 11.7 Å². The fourth-order valence-corrected chi connectivity index (χ4v) is 2.28. The van der Waals surface area contributed by atoms with Gasteiger partial charge in [0.1, 0.15) is 6.33 Å². The smallest absolute Gasteiger partial charge is 0.178 e. The van der Waals surface area contributed by atoms with Gasteiger partial charge in [0.25, 0.3) is 0 Å². The van der Waals surface area contributed by atoms with Crippen molar-refractivity contribution in [3.05, 3.63) is 52.8 Å². The Balaban J connectivity index is 2.12. The third-order valence-corrected chi connectivity index (χ3v) is 3.22. The molecular formula is C13H12N4S. The predicted molar refractivity (Wildman–Crippen MR) is 73.0 cm³/mol. The summed E-state index contributed by atoms with van der Waals surface area (Å²) in [5.74, 6) is 0. The standard InChI is InChI=1S/C13H12N4S/c1-9-2-3-12-11(6-9)16-13(18)17(12)7-10-4-5-14-8-15-10/h2-6,8H,7H2,1H3,(H,16,18). The molecule has 5 heteroatoms. The van der Waals surface area contributed by atoms with Gasteiger partial charge >= 0.3 is 0 Å². The number of nitrogens with zero attached hydrogens (tertiary/aromatic N) is 3. The van der Waals surface area contributed by atoms with E-state index in [1.54, 1.807) is 12.5 Å². The van der Waals surface area contributed by atoms with Gasteiger partial charge in [-0.15, -0.1) is 0 Å². The molecule has 0 aliphatic heterocycles. The highest BCUT2D eigenvalue weighted by atomic mass is 32.1. The number of H-pyrrole nitrogens is 1. The van der Waals surface area contributed by atoms with E-state index in [9.17, 15) is 0 Å². The molecule has 2 heterocycles. The topological polar surface area (TPSA) is 46.5 Å². The zero-order valence-electron chi connectivity index (χ0n) is 9.92. The van der Waals surface area contributed by atoms with Gasteiger partial charge in [0, 0.05) is 6.20 Å². The fraction of sp³-hybridized carbons (Fsp3) is 0.154. The Bertz CT molecular complexity index is 743. The van der Waals surface area contributed by atoms with E-state index >= 15 is 0 Å². The van der Waals surface area contributed by atoms with Crippen LogP contribution in [0.2, 0.25) is 0 Å². The fourth-order valence-electron chi connectivity index (χ4n) is 2.01. The van der Waals surface area contributed by atoms with Crippen LogP contribution in [0.5, 0.6) is 0 Å². The number of aryl methyl sites for hydroxylation is 1. The Labute approximate surface area is 109 Å². The molecular weight excluding hydrogens is 244 g/mol. The molecule has 0 amide bonds. The Morgan fingerprint density at radius 1 is 1.33 bits per heavy atom. The second-order valence-electron chi connectivity index (χ2n) is 4.24. The van der Waals surface area contributed by atoms with Gasteiger partial charge in [0.15, 0.2) is 4.77 Å². The van der Waals surface area contributed by atoms with Crippen molar-refractivity contribution in [3.63, 3.8) is 0 Å². The molecule has 0 spiro atoms. The molecule has 18 heavy (non-hydrogen) atoms. The molecule has 0 unspecified atom stereocenters. The minimum Gasteiger partial charge on any atom is -0.331 e. The number of aromatic amines is 1. The molecule has 0 fully saturated rings. The van der Waals surface area contributed by atoms with E-state index in [1.165, 1.54) is 5.56 Å². The van der Waals surface area contributed by atoms with Crippen LogP contribution in [0.4, 0.5) is 0 Å². The molecule has 4 nitrogen and oxygen atoms in total. The number of nitrogens with one attached hydrogen (secondary N) is 1. The number of imidazole rings is 1. The van der Waals surface area contributed by atoms with Crippen molar-refractivity contribution in [2.45, 2.75) is 13.5 Å². The maximum Gasteiger partial charge on any atom is 0.178 e. The maximum absolute atomic E-state index is 5.36. The molecule has 0 radical (unpaired) electrons. The maximum atomic E-state index is 5.36. The summed E-state index contributed by atoms with van der Waals surface area (Å²) in [5, 5.41) is 0. The van der Waals surface area contributed by atoms with Crippen LogP contribution in [0.25, 0.3) is 11.0 Å². The Morgan fingerprint density at radius 2 is 2.22 bits per heavy atom. The SMILES string of the molecule is Cc1ccc2c(c1)[nH]c(=S)n2Cc1ccncn1. The average Bonchev–Trinajstić information content (AvgIpc) is 2.66. The van der Waals surface area contributed by atoms with E-state index in [1.807, 2.05) is 10.6 Å². The number of hydrogen-bond acceptors (Lipinski definition) is 3. The lowest BCUT2D eigenvalue weighted by atomic mass is 10.2. The van der Waals surface area contributed by atoms with Crippen molar-refractivity contribution in [2.75, 3.05) is 0 Å². The van der Waals surface area contributed by atoms with E-state index in [-0.39, 0.29) is 0 Å². The van der Waals surface area contributed by atoms with E-state index in [0.29, 0.717) is 11.3 Å². The van der Waals surface area contributed by atoms with Crippen LogP contribution in [0.15, 0.2) is 36.8 Å². The third kappa shape index (κ3) is 1.93. The zero-order valence-corrected chi connectivity index (χ0v) is 10.7. The van der Waals surface area contributed by atoms with Crippen molar-refractivity contribution in [3.8, 4) is 0 Å². The largest absolute Gasteiger partial charge is 0.331 e. The summed E-state index contributed by atoms with van der Waals surface area (Å²) >= 11 is 5.36. The van der Waals surface area contributed by atoms with Gasteiger partial charge in [-0.2, -0.15) is 0 Å². The van der Waals surface area contributed by atoms with Gasteiger partial charge in [-0.25, -0.2) is 9.97 Å². The van der Waals surface area contributed by atoms with Crippen LogP contribution in [0.3, 0.4) is 0 Å². The summed E-state index contributed by atoms with van der Waals surface area (Å²) in [5.41, 5.74) is 4.33. The van der Waals surface area contributed by atoms with Crippen molar-refractivity contribution in [2.24, 2.45) is 0 Å². The molecule has 0 saturated carbocycles. The zero-order chi connectivity index (χ0) is 12.5. The minimum atomic E-state index is 0.657. The first-order valence-corrected chi connectivity index (χ1v) is 6.09. The first-order valence-electron chi connectivity index (χ1n) is 5.68. The average molecular weight is 256 g/mol. The normalized spacial score (nSPS) is 10.9. The van der Waals surface area contributed by atoms with Crippen LogP contribution in [-0.2, 0) is 6.54 Å². The number of rotatable bonds is 2. The van der Waals surface area contributed by atoms with Gasteiger partial charge in [-0.3, -0.25) is 0 Å². The molecule has 2 aromatic heterocycles. The van der Waals surface area contributed by atoms with Gasteiger partial charge in [0.05, 0.1) is 23.3 Å². The predicted octanol–water partition coefficient (Wildman–Crippen LogP) is 2.85. The second kappa shape index (κ2) is 4.34. The lowest BCUT2D eigenvalue weighted by molar-refractivity contribution is 0.780. The summed E-state index contributed by atoms with van der Waals surface area (Å²) in [6.45, 7) is 2.72. The highest BCUT2D eigenvalue weighted by Gasteiger charge is 2.05. The highest BCUT2D eigenvalue weighted by molar-refractivity contribution is 7.71. The summed E-state index contributed by atoms with van der Waals surface area (Å²) in [4.78, 5) is 11.4. The lowest BCUT2D eigenvalue weighted by Crippen LogP contribution is -2.01. The molecule has 0 saturated heterocycles. The van der Waals surface area contributed by atoms with E-state index in [2.05, 4.69) is 40.1 Å². The molecule has 0 aliphatic carbocycles. The van der Waals surface area contributed by atoms with Crippen molar-refractivity contribution in [1.29, 1.82) is 0 Å².